The van der Waals surface area contributed by atoms with Crippen molar-refractivity contribution in [2.45, 2.75) is 44.1 Å². The minimum Gasteiger partial charge on any atom is -0.469 e. The standard InChI is InChI=1S/C14H19BrN2O2S/c1-3-4-11-16-10(15)7-12(17-11)20-9-14(5-6-14)8-13(18)19-2/h7H,3-6,8-9H2,1-2H3. The van der Waals surface area contributed by atoms with Crippen LogP contribution in [-0.2, 0) is 16.0 Å². The molecule has 0 unspecified atom stereocenters. The van der Waals surface area contributed by atoms with E-state index >= 15 is 0 Å². The van der Waals surface area contributed by atoms with Crippen LogP contribution < -0.4 is 0 Å². The maximum atomic E-state index is 11.4. The molecule has 0 saturated heterocycles. The lowest BCUT2D eigenvalue weighted by molar-refractivity contribution is -0.141. The lowest BCUT2D eigenvalue weighted by atomic mass is 10.1. The third kappa shape index (κ3) is 4.45. The molecule has 1 aliphatic rings. The molecule has 0 atom stereocenters. The fourth-order valence-electron chi connectivity index (χ4n) is 2.01. The number of halogens is 1. The average Bonchev–Trinajstić information content (AvgIpc) is 3.16. The molecule has 0 bridgehead atoms. The Morgan fingerprint density at radius 1 is 1.50 bits per heavy atom. The lowest BCUT2D eigenvalue weighted by Gasteiger charge is -2.13. The van der Waals surface area contributed by atoms with Gasteiger partial charge in [0, 0.05) is 18.2 Å². The molecule has 1 fully saturated rings. The number of carbonyl (C=O) groups is 1. The number of esters is 1. The van der Waals surface area contributed by atoms with Gasteiger partial charge < -0.3 is 4.74 Å². The summed E-state index contributed by atoms with van der Waals surface area (Å²) in [5.74, 6) is 1.68. The van der Waals surface area contributed by atoms with Crippen LogP contribution in [0.15, 0.2) is 15.7 Å². The number of aryl methyl sites for hydroxylation is 1. The van der Waals surface area contributed by atoms with Gasteiger partial charge in [0.05, 0.1) is 13.5 Å². The van der Waals surface area contributed by atoms with Crippen LogP contribution in [0.4, 0.5) is 0 Å². The fourth-order valence-corrected chi connectivity index (χ4v) is 3.79. The van der Waals surface area contributed by atoms with E-state index in [9.17, 15) is 4.79 Å². The molecule has 4 nitrogen and oxygen atoms in total. The van der Waals surface area contributed by atoms with Crippen molar-refractivity contribution in [1.29, 1.82) is 0 Å². The van der Waals surface area contributed by atoms with E-state index in [0.29, 0.717) is 6.42 Å². The molecule has 1 aliphatic carbocycles. The van der Waals surface area contributed by atoms with Gasteiger partial charge >= 0.3 is 5.97 Å². The Bertz CT molecular complexity index is 492. The van der Waals surface area contributed by atoms with E-state index in [0.717, 1.165) is 46.9 Å². The highest BCUT2D eigenvalue weighted by atomic mass is 79.9. The van der Waals surface area contributed by atoms with Crippen molar-refractivity contribution in [1.82, 2.24) is 9.97 Å². The Hall–Kier alpha value is -0.620. The van der Waals surface area contributed by atoms with Crippen molar-refractivity contribution in [3.8, 4) is 0 Å². The topological polar surface area (TPSA) is 52.1 Å². The number of ether oxygens (including phenoxy) is 1. The Balaban J connectivity index is 1.95. The van der Waals surface area contributed by atoms with Crippen LogP contribution in [0.1, 0.15) is 38.4 Å². The molecular formula is C14H19BrN2O2S. The van der Waals surface area contributed by atoms with E-state index in [1.807, 2.05) is 6.07 Å². The van der Waals surface area contributed by atoms with Crippen molar-refractivity contribution in [2.75, 3.05) is 12.9 Å². The Morgan fingerprint density at radius 3 is 2.85 bits per heavy atom. The van der Waals surface area contributed by atoms with Crippen LogP contribution in [-0.4, -0.2) is 28.8 Å². The van der Waals surface area contributed by atoms with Gasteiger partial charge in [-0.15, -0.1) is 11.8 Å². The van der Waals surface area contributed by atoms with Gasteiger partial charge in [0.15, 0.2) is 0 Å². The summed E-state index contributed by atoms with van der Waals surface area (Å²) in [6, 6.07) is 1.94. The van der Waals surface area contributed by atoms with Crippen molar-refractivity contribution < 1.29 is 9.53 Å². The number of rotatable bonds is 7. The number of aromatic nitrogens is 2. The first-order valence-corrected chi connectivity index (χ1v) is 8.58. The van der Waals surface area contributed by atoms with Gasteiger partial charge in [0.25, 0.3) is 0 Å². The maximum Gasteiger partial charge on any atom is 0.306 e. The van der Waals surface area contributed by atoms with Crippen molar-refractivity contribution in [3.63, 3.8) is 0 Å². The Morgan fingerprint density at radius 2 is 2.25 bits per heavy atom. The number of nitrogens with zero attached hydrogens (tertiary/aromatic N) is 2. The first kappa shape index (κ1) is 15.8. The normalized spacial score (nSPS) is 15.9. The van der Waals surface area contributed by atoms with E-state index in [1.165, 1.54) is 7.11 Å². The molecule has 0 amide bonds. The van der Waals surface area contributed by atoms with Crippen LogP contribution in [0, 0.1) is 5.41 Å². The first-order chi connectivity index (χ1) is 9.57. The largest absolute Gasteiger partial charge is 0.469 e. The molecule has 2 rings (SSSR count). The molecule has 0 radical (unpaired) electrons. The van der Waals surface area contributed by atoms with Crippen LogP contribution in [0.5, 0.6) is 0 Å². The zero-order valence-electron chi connectivity index (χ0n) is 11.8. The van der Waals surface area contributed by atoms with Gasteiger partial charge in [-0.1, -0.05) is 6.92 Å². The molecule has 0 N–H and O–H groups in total. The van der Waals surface area contributed by atoms with Crippen LogP contribution >= 0.6 is 27.7 Å². The van der Waals surface area contributed by atoms with Gasteiger partial charge in [-0.2, -0.15) is 0 Å². The quantitative estimate of drug-likeness (QED) is 0.423. The fraction of sp³-hybridized carbons (Fsp3) is 0.643. The number of thioether (sulfide) groups is 1. The van der Waals surface area contributed by atoms with Crippen LogP contribution in [0.2, 0.25) is 0 Å². The second-order valence-corrected chi connectivity index (χ2v) is 7.04. The molecular weight excluding hydrogens is 340 g/mol. The molecule has 20 heavy (non-hydrogen) atoms. The highest BCUT2D eigenvalue weighted by Gasteiger charge is 2.44. The van der Waals surface area contributed by atoms with E-state index < -0.39 is 0 Å². The monoisotopic (exact) mass is 358 g/mol. The van der Waals surface area contributed by atoms with Gasteiger partial charge in [0.2, 0.25) is 0 Å². The zero-order chi connectivity index (χ0) is 14.6. The van der Waals surface area contributed by atoms with Crippen LogP contribution in [0.25, 0.3) is 0 Å². The molecule has 0 aromatic carbocycles. The van der Waals surface area contributed by atoms with Crippen molar-refractivity contribution >= 4 is 33.7 Å². The van der Waals surface area contributed by atoms with E-state index in [2.05, 4.69) is 32.8 Å². The third-order valence-corrected chi connectivity index (χ3v) is 5.09. The van der Waals surface area contributed by atoms with E-state index in [1.54, 1.807) is 11.8 Å². The van der Waals surface area contributed by atoms with Gasteiger partial charge in [0.1, 0.15) is 15.5 Å². The zero-order valence-corrected chi connectivity index (χ0v) is 14.2. The molecule has 0 spiro atoms. The minimum absolute atomic E-state index is 0.112. The maximum absolute atomic E-state index is 11.4. The Labute approximate surface area is 132 Å². The summed E-state index contributed by atoms with van der Waals surface area (Å²) in [6.45, 7) is 2.12. The second-order valence-electron chi connectivity index (χ2n) is 5.24. The van der Waals surface area contributed by atoms with Crippen molar-refractivity contribution in [3.05, 3.63) is 16.5 Å². The van der Waals surface area contributed by atoms with Gasteiger partial charge in [-0.05, 0) is 40.6 Å². The van der Waals surface area contributed by atoms with Crippen molar-refractivity contribution in [2.24, 2.45) is 5.41 Å². The first-order valence-electron chi connectivity index (χ1n) is 6.80. The lowest BCUT2D eigenvalue weighted by Crippen LogP contribution is -2.13. The summed E-state index contributed by atoms with van der Waals surface area (Å²) in [6.07, 6.45) is 4.64. The number of hydrogen-bond donors (Lipinski definition) is 0. The molecule has 110 valence electrons. The Kier molecular flexibility index (Phi) is 5.43. The minimum atomic E-state index is -0.112. The molecule has 1 aromatic rings. The van der Waals surface area contributed by atoms with E-state index in [4.69, 9.17) is 4.74 Å². The number of hydrogen-bond acceptors (Lipinski definition) is 5. The predicted octanol–water partition coefficient (Wildman–Crippen LogP) is 3.63. The molecule has 6 heteroatoms. The average molecular weight is 359 g/mol. The smallest absolute Gasteiger partial charge is 0.306 e. The summed E-state index contributed by atoms with van der Waals surface area (Å²) >= 11 is 5.14. The van der Waals surface area contributed by atoms with Gasteiger partial charge in [-0.25, -0.2) is 9.97 Å². The highest BCUT2D eigenvalue weighted by molar-refractivity contribution is 9.10. The summed E-state index contributed by atoms with van der Waals surface area (Å²) in [5, 5.41) is 0.978. The third-order valence-electron chi connectivity index (χ3n) is 3.42. The summed E-state index contributed by atoms with van der Waals surface area (Å²) in [4.78, 5) is 20.3. The van der Waals surface area contributed by atoms with Gasteiger partial charge in [-0.3, -0.25) is 4.79 Å². The summed E-state index contributed by atoms with van der Waals surface area (Å²) in [5.41, 5.74) is 0.125. The molecule has 0 aliphatic heterocycles. The highest BCUT2D eigenvalue weighted by Crippen LogP contribution is 2.52. The SMILES string of the molecule is CCCc1nc(Br)cc(SCC2(CC(=O)OC)CC2)n1. The number of methoxy groups -OCH3 is 1. The summed E-state index contributed by atoms with van der Waals surface area (Å²) < 4.78 is 5.60. The second kappa shape index (κ2) is 6.89. The van der Waals surface area contributed by atoms with E-state index in [-0.39, 0.29) is 11.4 Å². The number of carbonyl (C=O) groups excluding carboxylic acids is 1. The molecule has 1 heterocycles. The van der Waals surface area contributed by atoms with Crippen LogP contribution in [0.3, 0.4) is 0 Å². The molecule has 1 aromatic heterocycles. The summed E-state index contributed by atoms with van der Waals surface area (Å²) in [7, 11) is 1.45. The molecule has 1 saturated carbocycles. The predicted molar refractivity (Wildman–Crippen MR) is 82.8 cm³/mol.